The second-order valence-electron chi connectivity index (χ2n) is 5.78. The molecule has 5 atom stereocenters. The Hall–Kier alpha value is -1.53. The van der Waals surface area contributed by atoms with Crippen LogP contribution in [-0.2, 0) is 23.9 Å². The number of carbonyl (C=O) groups is 3. The van der Waals surface area contributed by atoms with E-state index < -0.39 is 12.3 Å². The standard InChI is InChI=1S/C14H15NO5/c16-10-5-9(11-6-19-14(10)20-11)15-12(17)7-3-1-2-4-8(7)13(15)18/h1-2,7-9,11,14H,3-6H2/t7-,8-,9+,11+,14+/m1/s1. The molecule has 0 aromatic rings. The maximum absolute atomic E-state index is 12.5. The molecule has 0 radical (unpaired) electrons. The number of likely N-dealkylation sites (tertiary alicyclic amines) is 1. The number of imide groups is 1. The number of hydrogen-bond acceptors (Lipinski definition) is 5. The number of fused-ring (bicyclic) bond motifs is 3. The lowest BCUT2D eigenvalue weighted by Gasteiger charge is -2.32. The molecule has 0 unspecified atom stereocenters. The van der Waals surface area contributed by atoms with Gasteiger partial charge in [0.2, 0.25) is 18.1 Å². The highest BCUT2D eigenvalue weighted by Crippen LogP contribution is 2.39. The fraction of sp³-hybridized carbons (Fsp3) is 0.643. The van der Waals surface area contributed by atoms with E-state index in [2.05, 4.69) is 0 Å². The lowest BCUT2D eigenvalue weighted by atomic mass is 9.85. The third-order valence-electron chi connectivity index (χ3n) is 4.69. The molecule has 1 aliphatic carbocycles. The molecule has 0 saturated carbocycles. The van der Waals surface area contributed by atoms with E-state index in [9.17, 15) is 14.4 Å². The van der Waals surface area contributed by atoms with Crippen molar-refractivity contribution in [3.05, 3.63) is 12.2 Å². The highest BCUT2D eigenvalue weighted by Gasteiger charge is 2.55. The van der Waals surface area contributed by atoms with E-state index in [1.807, 2.05) is 12.2 Å². The Kier molecular flexibility index (Phi) is 2.59. The number of nitrogens with zero attached hydrogens (tertiary/aromatic N) is 1. The molecule has 4 rings (SSSR count). The van der Waals surface area contributed by atoms with Crippen LogP contribution in [-0.4, -0.2) is 47.5 Å². The summed E-state index contributed by atoms with van der Waals surface area (Å²) in [5.74, 6) is -1.02. The summed E-state index contributed by atoms with van der Waals surface area (Å²) >= 11 is 0. The highest BCUT2D eigenvalue weighted by atomic mass is 16.7. The topological polar surface area (TPSA) is 72.9 Å². The largest absolute Gasteiger partial charge is 0.343 e. The lowest BCUT2D eigenvalue weighted by molar-refractivity contribution is -0.163. The molecule has 0 aromatic carbocycles. The number of Topliss-reactive ketones (excluding diaryl/α,β-unsaturated/α-hetero) is 1. The number of amides is 2. The summed E-state index contributed by atoms with van der Waals surface area (Å²) in [6, 6.07) is -0.494. The molecule has 3 aliphatic heterocycles. The molecule has 6 heteroatoms. The summed E-state index contributed by atoms with van der Waals surface area (Å²) in [7, 11) is 0. The Labute approximate surface area is 115 Å². The second kappa shape index (κ2) is 4.23. The Morgan fingerprint density at radius 3 is 2.35 bits per heavy atom. The van der Waals surface area contributed by atoms with Crippen LogP contribution in [0.2, 0.25) is 0 Å². The van der Waals surface area contributed by atoms with Crippen molar-refractivity contribution in [1.29, 1.82) is 0 Å². The summed E-state index contributed by atoms with van der Waals surface area (Å²) in [4.78, 5) is 38.1. The minimum atomic E-state index is -0.798. The third kappa shape index (κ3) is 1.55. The minimum Gasteiger partial charge on any atom is -0.343 e. The van der Waals surface area contributed by atoms with Gasteiger partial charge in [0.05, 0.1) is 24.5 Å². The fourth-order valence-corrected chi connectivity index (χ4v) is 3.63. The van der Waals surface area contributed by atoms with Crippen LogP contribution in [0.25, 0.3) is 0 Å². The van der Waals surface area contributed by atoms with Gasteiger partial charge in [-0.15, -0.1) is 0 Å². The maximum Gasteiger partial charge on any atom is 0.233 e. The van der Waals surface area contributed by atoms with Crippen LogP contribution in [0, 0.1) is 11.8 Å². The van der Waals surface area contributed by atoms with Crippen molar-refractivity contribution in [1.82, 2.24) is 4.90 Å². The van der Waals surface area contributed by atoms with Gasteiger partial charge in [0, 0.05) is 6.42 Å². The zero-order valence-corrected chi connectivity index (χ0v) is 10.9. The van der Waals surface area contributed by atoms with E-state index >= 15 is 0 Å². The molecule has 4 aliphatic rings. The van der Waals surface area contributed by atoms with Gasteiger partial charge in [-0.2, -0.15) is 0 Å². The van der Waals surface area contributed by atoms with E-state index in [-0.39, 0.29) is 48.6 Å². The van der Waals surface area contributed by atoms with Crippen LogP contribution < -0.4 is 0 Å². The zero-order chi connectivity index (χ0) is 13.9. The van der Waals surface area contributed by atoms with Gasteiger partial charge in [-0.25, -0.2) is 0 Å². The normalized spacial score (nSPS) is 43.3. The minimum absolute atomic E-state index is 0.152. The maximum atomic E-state index is 12.5. The number of allylic oxidation sites excluding steroid dienone is 2. The second-order valence-corrected chi connectivity index (χ2v) is 5.78. The van der Waals surface area contributed by atoms with Gasteiger partial charge in [-0.3, -0.25) is 19.3 Å². The van der Waals surface area contributed by atoms with Gasteiger partial charge < -0.3 is 9.47 Å². The Morgan fingerprint density at radius 1 is 1.05 bits per heavy atom. The van der Waals surface area contributed by atoms with Gasteiger partial charge in [0.25, 0.3) is 0 Å². The van der Waals surface area contributed by atoms with Gasteiger partial charge in [-0.1, -0.05) is 12.2 Å². The molecular weight excluding hydrogens is 262 g/mol. The first-order valence-electron chi connectivity index (χ1n) is 6.98. The first kappa shape index (κ1) is 12.2. The number of ether oxygens (including phenoxy) is 2. The van der Waals surface area contributed by atoms with Crippen molar-refractivity contribution < 1.29 is 23.9 Å². The van der Waals surface area contributed by atoms with Crippen LogP contribution >= 0.6 is 0 Å². The Bertz CT molecular complexity index is 502. The average Bonchev–Trinajstić information content (AvgIpc) is 2.99. The summed E-state index contributed by atoms with van der Waals surface area (Å²) in [5.41, 5.74) is 0. The number of carbonyl (C=O) groups excluding carboxylic acids is 3. The monoisotopic (exact) mass is 277 g/mol. The molecule has 106 valence electrons. The summed E-state index contributed by atoms with van der Waals surface area (Å²) in [5, 5.41) is 0. The molecule has 2 bridgehead atoms. The van der Waals surface area contributed by atoms with Gasteiger partial charge >= 0.3 is 0 Å². The smallest absolute Gasteiger partial charge is 0.233 e. The van der Waals surface area contributed by atoms with Crippen molar-refractivity contribution in [2.24, 2.45) is 11.8 Å². The molecule has 2 amide bonds. The van der Waals surface area contributed by atoms with Crippen molar-refractivity contribution in [2.45, 2.75) is 37.7 Å². The van der Waals surface area contributed by atoms with Crippen LogP contribution in [0.3, 0.4) is 0 Å². The summed E-state index contributed by atoms with van der Waals surface area (Å²) in [6.45, 7) is 0.270. The first-order valence-corrected chi connectivity index (χ1v) is 6.98. The predicted molar refractivity (Wildman–Crippen MR) is 65.2 cm³/mol. The molecule has 3 saturated heterocycles. The first-order chi connectivity index (χ1) is 9.66. The SMILES string of the molecule is O=C1C[C@H](N2C(=O)[C@@H]3CC=CC[C@H]3C2=O)[C@@H]2CO[C@H]1O2. The molecule has 0 N–H and O–H groups in total. The number of rotatable bonds is 1. The van der Waals surface area contributed by atoms with Crippen molar-refractivity contribution >= 4 is 17.6 Å². The molecule has 0 aromatic heterocycles. The summed E-state index contributed by atoms with van der Waals surface area (Å²) < 4.78 is 10.7. The molecule has 3 fully saturated rings. The van der Waals surface area contributed by atoms with E-state index in [1.54, 1.807) is 0 Å². The third-order valence-corrected chi connectivity index (χ3v) is 4.69. The average molecular weight is 277 g/mol. The van der Waals surface area contributed by atoms with E-state index in [1.165, 1.54) is 4.90 Å². The van der Waals surface area contributed by atoms with E-state index in [4.69, 9.17) is 9.47 Å². The molecule has 3 heterocycles. The fourth-order valence-electron chi connectivity index (χ4n) is 3.63. The molecule has 6 nitrogen and oxygen atoms in total. The molecular formula is C14H15NO5. The molecule has 0 spiro atoms. The summed E-state index contributed by atoms with van der Waals surface area (Å²) in [6.07, 6.45) is 4.11. The van der Waals surface area contributed by atoms with Crippen molar-refractivity contribution in [3.8, 4) is 0 Å². The van der Waals surface area contributed by atoms with Crippen LogP contribution in [0.15, 0.2) is 12.2 Å². The van der Waals surface area contributed by atoms with Crippen LogP contribution in [0.5, 0.6) is 0 Å². The quantitative estimate of drug-likeness (QED) is 0.499. The van der Waals surface area contributed by atoms with Gasteiger partial charge in [0.1, 0.15) is 6.10 Å². The zero-order valence-electron chi connectivity index (χ0n) is 10.9. The van der Waals surface area contributed by atoms with Crippen molar-refractivity contribution in [3.63, 3.8) is 0 Å². The Morgan fingerprint density at radius 2 is 1.70 bits per heavy atom. The van der Waals surface area contributed by atoms with Crippen molar-refractivity contribution in [2.75, 3.05) is 6.61 Å². The molecule has 20 heavy (non-hydrogen) atoms. The highest BCUT2D eigenvalue weighted by molar-refractivity contribution is 6.06. The van der Waals surface area contributed by atoms with Crippen LogP contribution in [0.4, 0.5) is 0 Å². The number of hydrogen-bond donors (Lipinski definition) is 0. The number of ketones is 1. The van der Waals surface area contributed by atoms with Gasteiger partial charge in [0.15, 0.2) is 5.78 Å². The van der Waals surface area contributed by atoms with E-state index in [0.717, 1.165) is 0 Å². The van der Waals surface area contributed by atoms with Gasteiger partial charge in [-0.05, 0) is 12.8 Å². The predicted octanol–water partition coefficient (Wildman–Crippen LogP) is 0.0205. The lowest BCUT2D eigenvalue weighted by Crippen LogP contribution is -2.52. The van der Waals surface area contributed by atoms with Crippen LogP contribution in [0.1, 0.15) is 19.3 Å². The van der Waals surface area contributed by atoms with E-state index in [0.29, 0.717) is 12.8 Å². The Balaban J connectivity index is 1.64.